The van der Waals surface area contributed by atoms with Crippen LogP contribution in [0, 0.1) is 6.92 Å². The molecule has 2 nitrogen and oxygen atoms in total. The lowest BCUT2D eigenvalue weighted by Crippen LogP contribution is -2.09. The van der Waals surface area contributed by atoms with Crippen LogP contribution in [-0.4, -0.2) is 12.8 Å². The largest absolute Gasteiger partial charge is 0.399 e. The Morgan fingerprint density at radius 2 is 2.00 bits per heavy atom. The average Bonchev–Trinajstić information content (AvgIpc) is 2.22. The number of rotatable bonds is 5. The van der Waals surface area contributed by atoms with Crippen LogP contribution in [0.3, 0.4) is 0 Å². The molecule has 1 rings (SSSR count). The summed E-state index contributed by atoms with van der Waals surface area (Å²) >= 11 is 0. The van der Waals surface area contributed by atoms with Crippen molar-refractivity contribution in [1.29, 1.82) is 0 Å². The third kappa shape index (κ3) is 5.08. The molecule has 0 aliphatic rings. The summed E-state index contributed by atoms with van der Waals surface area (Å²) in [6.07, 6.45) is -4.91. The summed E-state index contributed by atoms with van der Waals surface area (Å²) in [5.74, 6) is 0. The van der Waals surface area contributed by atoms with Crippen LogP contribution in [0.25, 0.3) is 0 Å². The van der Waals surface area contributed by atoms with E-state index in [1.54, 1.807) is 12.1 Å². The van der Waals surface area contributed by atoms with E-state index >= 15 is 0 Å². The number of hydrogen-bond acceptors (Lipinski definition) is 2. The molecule has 0 spiro atoms. The second kappa shape index (κ2) is 5.91. The predicted octanol–water partition coefficient (Wildman–Crippen LogP) is 3.44. The molecular formula is C12H16F3NO. The van der Waals surface area contributed by atoms with Crippen molar-refractivity contribution in [2.24, 2.45) is 0 Å². The Morgan fingerprint density at radius 3 is 2.65 bits per heavy atom. The van der Waals surface area contributed by atoms with E-state index < -0.39 is 12.6 Å². The molecule has 0 atom stereocenters. The van der Waals surface area contributed by atoms with Gasteiger partial charge in [0.15, 0.2) is 0 Å². The topological polar surface area (TPSA) is 35.2 Å². The Balaban J connectivity index is 2.29. The maximum Gasteiger partial charge on any atom is 0.389 e. The van der Waals surface area contributed by atoms with Crippen LogP contribution in [0.2, 0.25) is 0 Å². The van der Waals surface area contributed by atoms with Crippen LogP contribution in [0.5, 0.6) is 0 Å². The van der Waals surface area contributed by atoms with Crippen LogP contribution in [0.4, 0.5) is 18.9 Å². The SMILES string of the molecule is Cc1c(N)cccc1COCCCC(F)(F)F. The number of benzene rings is 1. The zero-order valence-electron chi connectivity index (χ0n) is 9.68. The molecule has 0 heterocycles. The van der Waals surface area contributed by atoms with E-state index in [-0.39, 0.29) is 13.0 Å². The van der Waals surface area contributed by atoms with Crippen molar-refractivity contribution in [1.82, 2.24) is 0 Å². The lowest BCUT2D eigenvalue weighted by molar-refractivity contribution is -0.138. The minimum absolute atomic E-state index is 0.00906. The summed E-state index contributed by atoms with van der Waals surface area (Å²) in [5.41, 5.74) is 8.21. The molecule has 0 amide bonds. The van der Waals surface area contributed by atoms with E-state index in [4.69, 9.17) is 10.5 Å². The Morgan fingerprint density at radius 1 is 1.29 bits per heavy atom. The summed E-state index contributed by atoms with van der Waals surface area (Å²) in [5, 5.41) is 0. The maximum absolute atomic E-state index is 11.9. The van der Waals surface area contributed by atoms with E-state index in [9.17, 15) is 13.2 Å². The Bertz CT molecular complexity index is 363. The fourth-order valence-electron chi connectivity index (χ4n) is 1.42. The van der Waals surface area contributed by atoms with Gasteiger partial charge in [-0.1, -0.05) is 12.1 Å². The standard InChI is InChI=1S/C12H16F3NO/c1-9-10(4-2-5-11(9)16)8-17-7-3-6-12(13,14)15/h2,4-5H,3,6-8,16H2,1H3. The lowest BCUT2D eigenvalue weighted by atomic mass is 10.1. The fraction of sp³-hybridized carbons (Fsp3) is 0.500. The first-order valence-electron chi connectivity index (χ1n) is 5.38. The van der Waals surface area contributed by atoms with E-state index in [0.717, 1.165) is 11.1 Å². The number of hydrogen-bond donors (Lipinski definition) is 1. The fourth-order valence-corrected chi connectivity index (χ4v) is 1.42. The van der Waals surface area contributed by atoms with Gasteiger partial charge >= 0.3 is 6.18 Å². The highest BCUT2D eigenvalue weighted by Gasteiger charge is 2.25. The summed E-state index contributed by atoms with van der Waals surface area (Å²) in [4.78, 5) is 0. The number of nitrogen functional groups attached to an aromatic ring is 1. The van der Waals surface area contributed by atoms with Crippen molar-refractivity contribution in [3.63, 3.8) is 0 Å². The number of ether oxygens (including phenoxy) is 1. The molecule has 96 valence electrons. The van der Waals surface area contributed by atoms with Crippen molar-refractivity contribution in [3.8, 4) is 0 Å². The summed E-state index contributed by atoms with van der Waals surface area (Å²) in [6.45, 7) is 2.27. The first-order valence-corrected chi connectivity index (χ1v) is 5.38. The number of halogens is 3. The molecule has 2 N–H and O–H groups in total. The van der Waals surface area contributed by atoms with E-state index in [2.05, 4.69) is 0 Å². The van der Waals surface area contributed by atoms with Crippen molar-refractivity contribution in [2.45, 2.75) is 32.5 Å². The van der Waals surface area contributed by atoms with Gasteiger partial charge in [0.25, 0.3) is 0 Å². The van der Waals surface area contributed by atoms with E-state index in [1.165, 1.54) is 0 Å². The van der Waals surface area contributed by atoms with Gasteiger partial charge in [0, 0.05) is 18.7 Å². The highest BCUT2D eigenvalue weighted by Crippen LogP contribution is 2.21. The molecule has 0 bridgehead atoms. The quantitative estimate of drug-likeness (QED) is 0.639. The zero-order chi connectivity index (χ0) is 12.9. The molecule has 17 heavy (non-hydrogen) atoms. The van der Waals surface area contributed by atoms with Crippen molar-refractivity contribution in [3.05, 3.63) is 29.3 Å². The lowest BCUT2D eigenvalue weighted by Gasteiger charge is -2.10. The summed E-state index contributed by atoms with van der Waals surface area (Å²) in [7, 11) is 0. The van der Waals surface area contributed by atoms with Crippen LogP contribution in [0.1, 0.15) is 24.0 Å². The molecule has 5 heteroatoms. The number of anilines is 1. The Labute approximate surface area is 98.6 Å². The zero-order valence-corrected chi connectivity index (χ0v) is 9.68. The molecular weight excluding hydrogens is 231 g/mol. The van der Waals surface area contributed by atoms with Gasteiger partial charge in [-0.3, -0.25) is 0 Å². The third-order valence-corrected chi connectivity index (χ3v) is 2.49. The van der Waals surface area contributed by atoms with Gasteiger partial charge < -0.3 is 10.5 Å². The predicted molar refractivity (Wildman–Crippen MR) is 60.5 cm³/mol. The Hall–Kier alpha value is -1.23. The maximum atomic E-state index is 11.9. The van der Waals surface area contributed by atoms with E-state index in [0.29, 0.717) is 12.3 Å². The molecule has 0 aliphatic carbocycles. The first-order chi connectivity index (χ1) is 7.90. The highest BCUT2D eigenvalue weighted by molar-refractivity contribution is 5.49. The second-order valence-electron chi connectivity index (χ2n) is 3.90. The van der Waals surface area contributed by atoms with Crippen LogP contribution in [-0.2, 0) is 11.3 Å². The summed E-state index contributed by atoms with van der Waals surface area (Å²) < 4.78 is 40.7. The molecule has 0 aliphatic heterocycles. The van der Waals surface area contributed by atoms with Gasteiger partial charge in [-0.05, 0) is 30.5 Å². The summed E-state index contributed by atoms with van der Waals surface area (Å²) in [6, 6.07) is 5.44. The van der Waals surface area contributed by atoms with Crippen LogP contribution < -0.4 is 5.73 Å². The smallest absolute Gasteiger partial charge is 0.389 e. The molecule has 0 radical (unpaired) electrons. The van der Waals surface area contributed by atoms with Gasteiger partial charge in [0.2, 0.25) is 0 Å². The highest BCUT2D eigenvalue weighted by atomic mass is 19.4. The molecule has 0 saturated carbocycles. The molecule has 0 aromatic heterocycles. The van der Waals surface area contributed by atoms with E-state index in [1.807, 2.05) is 13.0 Å². The molecule has 0 unspecified atom stereocenters. The Kier molecular flexibility index (Phi) is 4.81. The minimum Gasteiger partial charge on any atom is -0.399 e. The van der Waals surface area contributed by atoms with Gasteiger partial charge in [-0.2, -0.15) is 13.2 Å². The van der Waals surface area contributed by atoms with Crippen molar-refractivity contribution < 1.29 is 17.9 Å². The normalized spacial score (nSPS) is 11.8. The van der Waals surface area contributed by atoms with Gasteiger partial charge in [-0.25, -0.2) is 0 Å². The van der Waals surface area contributed by atoms with Gasteiger partial charge in [0.1, 0.15) is 0 Å². The number of alkyl halides is 3. The van der Waals surface area contributed by atoms with Gasteiger partial charge in [0.05, 0.1) is 6.61 Å². The third-order valence-electron chi connectivity index (χ3n) is 2.49. The first kappa shape index (κ1) is 13.8. The minimum atomic E-state index is -4.10. The molecule has 0 fully saturated rings. The molecule has 0 saturated heterocycles. The van der Waals surface area contributed by atoms with Crippen LogP contribution in [0.15, 0.2) is 18.2 Å². The second-order valence-corrected chi connectivity index (χ2v) is 3.90. The van der Waals surface area contributed by atoms with Gasteiger partial charge in [-0.15, -0.1) is 0 Å². The monoisotopic (exact) mass is 247 g/mol. The van der Waals surface area contributed by atoms with Crippen LogP contribution >= 0.6 is 0 Å². The average molecular weight is 247 g/mol. The molecule has 1 aromatic carbocycles. The van der Waals surface area contributed by atoms with Crippen molar-refractivity contribution in [2.75, 3.05) is 12.3 Å². The number of nitrogens with two attached hydrogens (primary N) is 1. The molecule has 1 aromatic rings. The van der Waals surface area contributed by atoms with Crippen molar-refractivity contribution >= 4 is 5.69 Å².